The Bertz CT molecular complexity index is 447. The molecule has 1 aliphatic carbocycles. The zero-order valence-corrected chi connectivity index (χ0v) is 10.5. The van der Waals surface area contributed by atoms with Gasteiger partial charge in [0.15, 0.2) is 17.5 Å². The van der Waals surface area contributed by atoms with E-state index in [4.69, 9.17) is 5.73 Å². The molecule has 0 heterocycles. The first kappa shape index (κ1) is 13.4. The zero-order chi connectivity index (χ0) is 13.3. The summed E-state index contributed by atoms with van der Waals surface area (Å²) in [4.78, 5) is 0. The highest BCUT2D eigenvalue weighted by molar-refractivity contribution is 5.28. The van der Waals surface area contributed by atoms with E-state index in [9.17, 15) is 13.2 Å². The molecule has 1 aliphatic rings. The molecule has 1 saturated carbocycles. The van der Waals surface area contributed by atoms with Crippen LogP contribution in [0.1, 0.15) is 44.6 Å². The highest BCUT2D eigenvalue weighted by Crippen LogP contribution is 2.37. The van der Waals surface area contributed by atoms with Gasteiger partial charge in [0.2, 0.25) is 0 Å². The summed E-state index contributed by atoms with van der Waals surface area (Å²) in [5.41, 5.74) is 5.47. The molecule has 18 heavy (non-hydrogen) atoms. The van der Waals surface area contributed by atoms with Crippen LogP contribution < -0.4 is 5.73 Å². The first-order valence-corrected chi connectivity index (χ1v) is 6.37. The van der Waals surface area contributed by atoms with E-state index < -0.39 is 23.0 Å². The summed E-state index contributed by atoms with van der Waals surface area (Å²) in [5, 5.41) is 0. The Balaban J connectivity index is 2.37. The van der Waals surface area contributed by atoms with Gasteiger partial charge in [-0.1, -0.05) is 25.8 Å². The van der Waals surface area contributed by atoms with Crippen molar-refractivity contribution in [3.8, 4) is 0 Å². The van der Waals surface area contributed by atoms with Crippen LogP contribution in [0.3, 0.4) is 0 Å². The van der Waals surface area contributed by atoms with Gasteiger partial charge in [-0.15, -0.1) is 0 Å². The van der Waals surface area contributed by atoms with Crippen LogP contribution in [0.25, 0.3) is 0 Å². The Labute approximate surface area is 105 Å². The smallest absolute Gasteiger partial charge is 0.194 e. The van der Waals surface area contributed by atoms with E-state index in [2.05, 4.69) is 6.92 Å². The average molecular weight is 257 g/mol. The molecule has 0 spiro atoms. The van der Waals surface area contributed by atoms with Crippen LogP contribution in [-0.4, -0.2) is 0 Å². The number of rotatable bonds is 1. The molecular weight excluding hydrogens is 239 g/mol. The van der Waals surface area contributed by atoms with Crippen molar-refractivity contribution in [1.82, 2.24) is 0 Å². The number of nitrogens with two attached hydrogens (primary N) is 1. The first-order valence-electron chi connectivity index (χ1n) is 6.37. The van der Waals surface area contributed by atoms with Crippen molar-refractivity contribution in [3.05, 3.63) is 35.1 Å². The third kappa shape index (κ3) is 2.39. The molecule has 2 unspecified atom stereocenters. The molecule has 2 atom stereocenters. The number of hydrogen-bond acceptors (Lipinski definition) is 1. The van der Waals surface area contributed by atoms with Crippen LogP contribution in [0.4, 0.5) is 13.2 Å². The van der Waals surface area contributed by atoms with Crippen molar-refractivity contribution in [2.45, 2.75) is 44.6 Å². The minimum atomic E-state index is -1.42. The molecule has 1 aromatic rings. The molecular formula is C14H18F3N. The van der Waals surface area contributed by atoms with E-state index in [-0.39, 0.29) is 5.56 Å². The Morgan fingerprint density at radius 3 is 2.56 bits per heavy atom. The summed E-state index contributed by atoms with van der Waals surface area (Å²) < 4.78 is 40.1. The third-order valence-electron chi connectivity index (χ3n) is 3.97. The molecule has 0 radical (unpaired) electrons. The fourth-order valence-corrected chi connectivity index (χ4v) is 2.72. The molecule has 4 heteroatoms. The Morgan fingerprint density at radius 2 is 1.83 bits per heavy atom. The Morgan fingerprint density at radius 1 is 1.11 bits per heavy atom. The Kier molecular flexibility index (Phi) is 3.66. The van der Waals surface area contributed by atoms with Gasteiger partial charge in [0, 0.05) is 11.1 Å². The van der Waals surface area contributed by atoms with Gasteiger partial charge in [0.1, 0.15) is 0 Å². The van der Waals surface area contributed by atoms with Crippen LogP contribution in [0.5, 0.6) is 0 Å². The van der Waals surface area contributed by atoms with Crippen LogP contribution in [0.2, 0.25) is 0 Å². The summed E-state index contributed by atoms with van der Waals surface area (Å²) in [6, 6.07) is 2.24. The van der Waals surface area contributed by atoms with Gasteiger partial charge < -0.3 is 5.73 Å². The SMILES string of the molecule is CC1CCCC(N)(c2ccc(F)c(F)c2F)CC1. The molecule has 100 valence electrons. The van der Waals surface area contributed by atoms with Crippen molar-refractivity contribution in [2.24, 2.45) is 11.7 Å². The predicted octanol–water partition coefficient (Wildman–Crippen LogP) is 3.86. The summed E-state index contributed by atoms with van der Waals surface area (Å²) in [6.07, 6.45) is 4.03. The molecule has 1 fully saturated rings. The van der Waals surface area contributed by atoms with Gasteiger partial charge in [-0.25, -0.2) is 13.2 Å². The number of benzene rings is 1. The highest BCUT2D eigenvalue weighted by Gasteiger charge is 2.33. The highest BCUT2D eigenvalue weighted by atomic mass is 19.2. The lowest BCUT2D eigenvalue weighted by Crippen LogP contribution is -2.37. The van der Waals surface area contributed by atoms with Crippen molar-refractivity contribution in [3.63, 3.8) is 0 Å². The molecule has 1 nitrogen and oxygen atoms in total. The quantitative estimate of drug-likeness (QED) is 0.600. The van der Waals surface area contributed by atoms with E-state index in [1.807, 2.05) is 0 Å². The second kappa shape index (κ2) is 4.92. The van der Waals surface area contributed by atoms with Gasteiger partial charge in [-0.3, -0.25) is 0 Å². The summed E-state index contributed by atoms with van der Waals surface area (Å²) >= 11 is 0. The van der Waals surface area contributed by atoms with Gasteiger partial charge in [0.05, 0.1) is 0 Å². The minimum Gasteiger partial charge on any atom is -0.321 e. The first-order chi connectivity index (χ1) is 8.44. The maximum absolute atomic E-state index is 13.8. The number of hydrogen-bond donors (Lipinski definition) is 1. The molecule has 0 saturated heterocycles. The van der Waals surface area contributed by atoms with E-state index in [1.165, 1.54) is 6.07 Å². The van der Waals surface area contributed by atoms with E-state index >= 15 is 0 Å². The lowest BCUT2D eigenvalue weighted by molar-refractivity contribution is 0.347. The lowest BCUT2D eigenvalue weighted by atomic mass is 9.83. The summed E-state index contributed by atoms with van der Waals surface area (Å²) in [6.45, 7) is 2.13. The normalized spacial score (nSPS) is 29.1. The summed E-state index contributed by atoms with van der Waals surface area (Å²) in [5.74, 6) is -3.17. The van der Waals surface area contributed by atoms with Crippen molar-refractivity contribution < 1.29 is 13.2 Å². The summed E-state index contributed by atoms with van der Waals surface area (Å²) in [7, 11) is 0. The fourth-order valence-electron chi connectivity index (χ4n) is 2.72. The molecule has 2 N–H and O–H groups in total. The second-order valence-electron chi connectivity index (χ2n) is 5.42. The van der Waals surface area contributed by atoms with Gasteiger partial charge in [-0.2, -0.15) is 0 Å². The van der Waals surface area contributed by atoms with Gasteiger partial charge >= 0.3 is 0 Å². The van der Waals surface area contributed by atoms with Crippen LogP contribution in [-0.2, 0) is 5.54 Å². The molecule has 0 aliphatic heterocycles. The van der Waals surface area contributed by atoms with Crippen molar-refractivity contribution >= 4 is 0 Å². The predicted molar refractivity (Wildman–Crippen MR) is 64.4 cm³/mol. The Hall–Kier alpha value is -1.03. The van der Waals surface area contributed by atoms with Crippen LogP contribution >= 0.6 is 0 Å². The lowest BCUT2D eigenvalue weighted by Gasteiger charge is -2.29. The molecule has 0 amide bonds. The standard InChI is InChI=1S/C14H18F3N/c1-9-3-2-7-14(18,8-6-9)10-4-5-11(15)13(17)12(10)16/h4-5,9H,2-3,6-8,18H2,1H3. The van der Waals surface area contributed by atoms with E-state index in [1.54, 1.807) is 0 Å². The molecule has 0 aromatic heterocycles. The molecule has 1 aromatic carbocycles. The largest absolute Gasteiger partial charge is 0.321 e. The van der Waals surface area contributed by atoms with Crippen molar-refractivity contribution in [1.29, 1.82) is 0 Å². The monoisotopic (exact) mass is 257 g/mol. The fraction of sp³-hybridized carbons (Fsp3) is 0.571. The minimum absolute atomic E-state index is 0.107. The average Bonchev–Trinajstić information content (AvgIpc) is 2.49. The van der Waals surface area contributed by atoms with Gasteiger partial charge in [0.25, 0.3) is 0 Å². The maximum atomic E-state index is 13.8. The zero-order valence-electron chi connectivity index (χ0n) is 10.5. The number of halogens is 3. The van der Waals surface area contributed by atoms with Gasteiger partial charge in [-0.05, 0) is 31.2 Å². The topological polar surface area (TPSA) is 26.0 Å². The van der Waals surface area contributed by atoms with Crippen LogP contribution in [0, 0.1) is 23.4 Å². The molecule has 2 rings (SSSR count). The van der Waals surface area contributed by atoms with Crippen molar-refractivity contribution in [2.75, 3.05) is 0 Å². The third-order valence-corrected chi connectivity index (χ3v) is 3.97. The van der Waals surface area contributed by atoms with Crippen LogP contribution in [0.15, 0.2) is 12.1 Å². The second-order valence-corrected chi connectivity index (χ2v) is 5.42. The van der Waals surface area contributed by atoms with E-state index in [0.717, 1.165) is 25.3 Å². The van der Waals surface area contributed by atoms with E-state index in [0.29, 0.717) is 18.8 Å². The molecule has 0 bridgehead atoms. The maximum Gasteiger partial charge on any atom is 0.194 e.